The number of pyridine rings is 1. The number of aliphatic hydroxyl groups excluding tert-OH is 1. The molecule has 0 amide bonds. The molecule has 11 heteroatoms. The number of sulfone groups is 1. The number of anilines is 1. The Hall–Kier alpha value is -2.57. The van der Waals surface area contributed by atoms with Crippen molar-refractivity contribution < 1.29 is 22.5 Å². The SMILES string of the molecule is CCCCCCCCCCCCCCOc1ccc(S(=O)(=O)c2cnc3ccc(S(C)=O)cc3c2N2CCC(N3CCC(N4CCCC(O)C4)CC3)CC2)cc1. The predicted molar refractivity (Wildman–Crippen MR) is 229 cm³/mol. The van der Waals surface area contributed by atoms with E-state index >= 15 is 0 Å². The van der Waals surface area contributed by atoms with Crippen LogP contribution in [-0.4, -0.2) is 103 Å². The molecule has 0 radical (unpaired) electrons. The van der Waals surface area contributed by atoms with Crippen molar-refractivity contribution >= 4 is 37.2 Å². The van der Waals surface area contributed by atoms with E-state index in [1.54, 1.807) is 30.5 Å². The number of aromatic nitrogens is 1. The number of rotatable bonds is 20. The standard InChI is InChI=1S/C45H68N4O5S2/c1-3-4-5-6-7-8-9-10-11-12-13-14-32-54-39-17-20-41(21-18-39)56(52,53)44-34-46-43-22-19-40(55(2)51)33-42(43)45(44)48-30-25-36(26-31-48)47-28-23-37(24-29-47)49-27-15-16-38(50)35-49/h17-22,33-34,36-38,50H,3-16,23-32,35H2,1-2H3. The smallest absolute Gasteiger partial charge is 0.210 e. The summed E-state index contributed by atoms with van der Waals surface area (Å²) >= 11 is 0. The Bertz CT molecular complexity index is 1790. The van der Waals surface area contributed by atoms with Gasteiger partial charge in [-0.2, -0.15) is 0 Å². The number of β-amino-alcohol motifs (C(OH)–C–C–N with tert-alkyl or cyclic N) is 1. The Morgan fingerprint density at radius 1 is 0.768 bits per heavy atom. The zero-order chi connectivity index (χ0) is 39.3. The summed E-state index contributed by atoms with van der Waals surface area (Å²) in [5.74, 6) is 0.679. The fourth-order valence-corrected chi connectivity index (χ4v) is 11.2. The van der Waals surface area contributed by atoms with E-state index in [2.05, 4.69) is 26.6 Å². The Morgan fingerprint density at radius 2 is 1.38 bits per heavy atom. The molecule has 4 heterocycles. The molecule has 0 aliphatic carbocycles. The second kappa shape index (κ2) is 21.4. The molecule has 0 spiro atoms. The Labute approximate surface area is 340 Å². The van der Waals surface area contributed by atoms with Gasteiger partial charge in [-0.1, -0.05) is 77.6 Å². The van der Waals surface area contributed by atoms with E-state index in [1.165, 1.54) is 70.4 Å². The van der Waals surface area contributed by atoms with E-state index in [4.69, 9.17) is 4.74 Å². The number of hydrogen-bond donors (Lipinski definition) is 1. The Balaban J connectivity index is 1.06. The largest absolute Gasteiger partial charge is 0.494 e. The highest BCUT2D eigenvalue weighted by Gasteiger charge is 2.34. The molecule has 6 rings (SSSR count). The van der Waals surface area contributed by atoms with Crippen molar-refractivity contribution in [3.63, 3.8) is 0 Å². The van der Waals surface area contributed by atoms with Gasteiger partial charge in [-0.25, -0.2) is 8.42 Å². The minimum absolute atomic E-state index is 0.190. The summed E-state index contributed by atoms with van der Waals surface area (Å²) in [5.41, 5.74) is 1.36. The summed E-state index contributed by atoms with van der Waals surface area (Å²) in [5, 5.41) is 10.9. The Kier molecular flexibility index (Phi) is 16.5. The number of ether oxygens (including phenoxy) is 1. The first-order chi connectivity index (χ1) is 27.2. The molecule has 3 aromatic rings. The molecule has 3 saturated heterocycles. The van der Waals surface area contributed by atoms with Gasteiger partial charge in [-0.3, -0.25) is 14.1 Å². The normalized spacial score (nSPS) is 20.1. The molecule has 310 valence electrons. The fourth-order valence-electron chi connectivity index (χ4n) is 9.20. The molecule has 2 unspecified atom stereocenters. The van der Waals surface area contributed by atoms with Gasteiger partial charge in [-0.15, -0.1) is 0 Å². The van der Waals surface area contributed by atoms with Gasteiger partial charge in [0.25, 0.3) is 0 Å². The predicted octanol–water partition coefficient (Wildman–Crippen LogP) is 8.77. The molecular formula is C45H68N4O5S2. The van der Waals surface area contributed by atoms with Crippen LogP contribution >= 0.6 is 0 Å². The number of fused-ring (bicyclic) bond motifs is 1. The summed E-state index contributed by atoms with van der Waals surface area (Å²) in [6, 6.07) is 13.4. The highest BCUT2D eigenvalue weighted by atomic mass is 32.2. The van der Waals surface area contributed by atoms with Crippen LogP contribution in [0.2, 0.25) is 0 Å². The highest BCUT2D eigenvalue weighted by molar-refractivity contribution is 7.91. The number of benzene rings is 2. The van der Waals surface area contributed by atoms with Gasteiger partial charge in [0.05, 0.1) is 28.8 Å². The third-order valence-electron chi connectivity index (χ3n) is 12.5. The van der Waals surface area contributed by atoms with Crippen LogP contribution in [0, 0.1) is 0 Å². The first kappa shape index (κ1) is 43.0. The summed E-state index contributed by atoms with van der Waals surface area (Å²) < 4.78 is 47.5. The lowest BCUT2D eigenvalue weighted by Crippen LogP contribution is -2.53. The molecule has 1 N–H and O–H groups in total. The summed E-state index contributed by atoms with van der Waals surface area (Å²) in [6.07, 6.45) is 24.6. The fraction of sp³-hybridized carbons (Fsp3) is 0.667. The monoisotopic (exact) mass is 808 g/mol. The van der Waals surface area contributed by atoms with E-state index < -0.39 is 20.6 Å². The van der Waals surface area contributed by atoms with E-state index in [0.717, 1.165) is 96.0 Å². The summed E-state index contributed by atoms with van der Waals surface area (Å²) in [7, 11) is -5.16. The lowest BCUT2D eigenvalue weighted by molar-refractivity contribution is 0.0170. The zero-order valence-electron chi connectivity index (χ0n) is 34.2. The zero-order valence-corrected chi connectivity index (χ0v) is 35.8. The number of nitrogens with zero attached hydrogens (tertiary/aromatic N) is 4. The molecule has 0 saturated carbocycles. The van der Waals surface area contributed by atoms with Crippen molar-refractivity contribution in [2.75, 3.05) is 57.0 Å². The van der Waals surface area contributed by atoms with Crippen LogP contribution in [0.5, 0.6) is 5.75 Å². The van der Waals surface area contributed by atoms with Gasteiger partial charge >= 0.3 is 0 Å². The van der Waals surface area contributed by atoms with Crippen LogP contribution in [0.4, 0.5) is 5.69 Å². The van der Waals surface area contributed by atoms with E-state index in [1.807, 2.05) is 18.2 Å². The first-order valence-corrected chi connectivity index (χ1v) is 24.9. The molecular weight excluding hydrogens is 741 g/mol. The van der Waals surface area contributed by atoms with Crippen LogP contribution in [0.3, 0.4) is 0 Å². The topological polar surface area (TPSA) is 103 Å². The van der Waals surface area contributed by atoms with E-state index in [0.29, 0.717) is 40.5 Å². The van der Waals surface area contributed by atoms with Gasteiger partial charge < -0.3 is 19.6 Å². The lowest BCUT2D eigenvalue weighted by atomic mass is 9.95. The minimum Gasteiger partial charge on any atom is -0.494 e. The van der Waals surface area contributed by atoms with Gasteiger partial charge in [0, 0.05) is 65.3 Å². The molecule has 56 heavy (non-hydrogen) atoms. The first-order valence-electron chi connectivity index (χ1n) is 21.9. The number of hydrogen-bond acceptors (Lipinski definition) is 9. The van der Waals surface area contributed by atoms with Gasteiger partial charge in [0.2, 0.25) is 9.84 Å². The van der Waals surface area contributed by atoms with Crippen molar-refractivity contribution in [1.29, 1.82) is 0 Å². The van der Waals surface area contributed by atoms with Crippen LogP contribution < -0.4 is 9.64 Å². The second-order valence-corrected chi connectivity index (χ2v) is 19.9. The number of unbranched alkanes of at least 4 members (excludes halogenated alkanes) is 11. The Morgan fingerprint density at radius 3 is 2.00 bits per heavy atom. The van der Waals surface area contributed by atoms with Crippen molar-refractivity contribution in [2.45, 2.75) is 155 Å². The minimum atomic E-state index is -3.93. The maximum atomic E-state index is 14.5. The van der Waals surface area contributed by atoms with E-state index in [9.17, 15) is 17.7 Å². The van der Waals surface area contributed by atoms with E-state index in [-0.39, 0.29) is 15.9 Å². The number of aliphatic hydroxyl groups is 1. The van der Waals surface area contributed by atoms with Crippen molar-refractivity contribution in [2.24, 2.45) is 0 Å². The molecule has 3 fully saturated rings. The quantitative estimate of drug-likeness (QED) is 0.112. The molecule has 1 aromatic heterocycles. The van der Waals surface area contributed by atoms with Crippen molar-refractivity contribution in [1.82, 2.24) is 14.8 Å². The molecule has 2 atom stereocenters. The second-order valence-electron chi connectivity index (χ2n) is 16.6. The highest BCUT2D eigenvalue weighted by Crippen LogP contribution is 2.39. The molecule has 3 aliphatic rings. The van der Waals surface area contributed by atoms with Crippen LogP contribution in [0.1, 0.15) is 122 Å². The van der Waals surface area contributed by atoms with Crippen LogP contribution in [0.25, 0.3) is 10.9 Å². The third-order valence-corrected chi connectivity index (χ3v) is 15.2. The maximum Gasteiger partial charge on any atom is 0.210 e. The number of likely N-dealkylation sites (tertiary alicyclic amines) is 2. The molecule has 3 aliphatic heterocycles. The summed E-state index contributed by atoms with van der Waals surface area (Å²) in [6.45, 7) is 8.37. The third kappa shape index (κ3) is 11.5. The lowest BCUT2D eigenvalue weighted by Gasteiger charge is -2.45. The average Bonchev–Trinajstić information content (AvgIpc) is 3.22. The molecule has 9 nitrogen and oxygen atoms in total. The summed E-state index contributed by atoms with van der Waals surface area (Å²) in [4.78, 5) is 13.1. The van der Waals surface area contributed by atoms with Gasteiger partial charge in [0.1, 0.15) is 10.6 Å². The number of piperidine rings is 3. The van der Waals surface area contributed by atoms with Gasteiger partial charge in [-0.05, 0) is 107 Å². The molecule has 0 bridgehead atoms. The maximum absolute atomic E-state index is 14.5. The molecule has 2 aromatic carbocycles. The van der Waals surface area contributed by atoms with Gasteiger partial charge in [0.15, 0.2) is 0 Å². The van der Waals surface area contributed by atoms with Crippen LogP contribution in [0.15, 0.2) is 63.3 Å². The van der Waals surface area contributed by atoms with Crippen molar-refractivity contribution in [3.05, 3.63) is 48.7 Å². The van der Waals surface area contributed by atoms with Crippen molar-refractivity contribution in [3.8, 4) is 5.75 Å². The average molecular weight is 809 g/mol. The van der Waals surface area contributed by atoms with Crippen LogP contribution in [-0.2, 0) is 20.6 Å².